The molecule has 0 saturated carbocycles. The lowest BCUT2D eigenvalue weighted by molar-refractivity contribution is 0.102. The minimum absolute atomic E-state index is 0.238. The molecule has 1 N–H and O–H groups in total. The van der Waals surface area contributed by atoms with Gasteiger partial charge in [0, 0.05) is 14.3 Å². The SMILES string of the molecule is CCOc1ccc(Cl)cc1C(=O)Nc1cccc(I)c1. The van der Waals surface area contributed by atoms with E-state index in [4.69, 9.17) is 16.3 Å². The smallest absolute Gasteiger partial charge is 0.259 e. The summed E-state index contributed by atoms with van der Waals surface area (Å²) >= 11 is 8.15. The normalized spacial score (nSPS) is 10.2. The highest BCUT2D eigenvalue weighted by molar-refractivity contribution is 14.1. The molecule has 0 aliphatic carbocycles. The molecule has 2 aromatic rings. The maximum Gasteiger partial charge on any atom is 0.259 e. The van der Waals surface area contributed by atoms with E-state index in [0.29, 0.717) is 22.9 Å². The van der Waals surface area contributed by atoms with Gasteiger partial charge in [0.2, 0.25) is 0 Å². The fraction of sp³-hybridized carbons (Fsp3) is 0.133. The van der Waals surface area contributed by atoms with Gasteiger partial charge in [0.15, 0.2) is 0 Å². The predicted molar refractivity (Wildman–Crippen MR) is 89.7 cm³/mol. The predicted octanol–water partition coefficient (Wildman–Crippen LogP) is 4.60. The zero-order valence-corrected chi connectivity index (χ0v) is 13.7. The molecule has 0 heterocycles. The highest BCUT2D eigenvalue weighted by atomic mass is 127. The molecular formula is C15H13ClINO2. The van der Waals surface area contributed by atoms with Gasteiger partial charge in [-0.2, -0.15) is 0 Å². The molecule has 1 amide bonds. The minimum atomic E-state index is -0.238. The summed E-state index contributed by atoms with van der Waals surface area (Å²) < 4.78 is 6.51. The zero-order chi connectivity index (χ0) is 14.5. The summed E-state index contributed by atoms with van der Waals surface area (Å²) in [5.74, 6) is 0.290. The number of hydrogen-bond acceptors (Lipinski definition) is 2. The molecule has 104 valence electrons. The molecule has 0 atom stereocenters. The summed E-state index contributed by atoms with van der Waals surface area (Å²) in [5.41, 5.74) is 1.17. The van der Waals surface area contributed by atoms with E-state index in [9.17, 15) is 4.79 Å². The first-order valence-electron chi connectivity index (χ1n) is 6.09. The molecule has 0 aliphatic rings. The van der Waals surface area contributed by atoms with Crippen LogP contribution in [0.3, 0.4) is 0 Å². The summed E-state index contributed by atoms with van der Waals surface area (Å²) in [5, 5.41) is 3.34. The van der Waals surface area contributed by atoms with Crippen LogP contribution in [0.4, 0.5) is 5.69 Å². The van der Waals surface area contributed by atoms with Crippen molar-refractivity contribution >= 4 is 45.8 Å². The molecular weight excluding hydrogens is 389 g/mol. The lowest BCUT2D eigenvalue weighted by Gasteiger charge is -2.11. The van der Waals surface area contributed by atoms with Gasteiger partial charge in [0.25, 0.3) is 5.91 Å². The third-order valence-corrected chi connectivity index (χ3v) is 3.47. The third kappa shape index (κ3) is 3.86. The van der Waals surface area contributed by atoms with Crippen molar-refractivity contribution in [3.63, 3.8) is 0 Å². The molecule has 0 aliphatic heterocycles. The number of amides is 1. The Kier molecular flexibility index (Phi) is 5.25. The largest absolute Gasteiger partial charge is 0.493 e. The summed E-state index contributed by atoms with van der Waals surface area (Å²) in [4.78, 5) is 12.3. The van der Waals surface area contributed by atoms with Crippen LogP contribution in [-0.2, 0) is 0 Å². The van der Waals surface area contributed by atoms with Gasteiger partial charge < -0.3 is 10.1 Å². The average molecular weight is 402 g/mol. The lowest BCUT2D eigenvalue weighted by atomic mass is 10.2. The van der Waals surface area contributed by atoms with Crippen LogP contribution in [0.2, 0.25) is 5.02 Å². The van der Waals surface area contributed by atoms with Gasteiger partial charge in [-0.3, -0.25) is 4.79 Å². The molecule has 0 fully saturated rings. The van der Waals surface area contributed by atoms with E-state index in [2.05, 4.69) is 27.9 Å². The molecule has 0 spiro atoms. The van der Waals surface area contributed by atoms with E-state index < -0.39 is 0 Å². The first-order chi connectivity index (χ1) is 9.60. The molecule has 0 radical (unpaired) electrons. The summed E-state index contributed by atoms with van der Waals surface area (Å²) in [6.45, 7) is 2.36. The maximum atomic E-state index is 12.3. The average Bonchev–Trinajstić information content (AvgIpc) is 2.41. The Morgan fingerprint density at radius 1 is 1.30 bits per heavy atom. The number of benzene rings is 2. The summed E-state index contributed by atoms with van der Waals surface area (Å²) in [6.07, 6.45) is 0. The van der Waals surface area contributed by atoms with Crippen molar-refractivity contribution in [3.8, 4) is 5.75 Å². The van der Waals surface area contributed by atoms with Crippen molar-refractivity contribution in [1.29, 1.82) is 0 Å². The van der Waals surface area contributed by atoms with Crippen molar-refractivity contribution in [2.24, 2.45) is 0 Å². The van der Waals surface area contributed by atoms with Crippen LogP contribution in [0, 0.1) is 3.57 Å². The fourth-order valence-electron chi connectivity index (χ4n) is 1.73. The molecule has 0 bridgehead atoms. The van der Waals surface area contributed by atoms with Gasteiger partial charge in [-0.25, -0.2) is 0 Å². The molecule has 0 aromatic heterocycles. The number of ether oxygens (including phenoxy) is 1. The number of hydrogen-bond donors (Lipinski definition) is 1. The topological polar surface area (TPSA) is 38.3 Å². The van der Waals surface area contributed by atoms with Crippen LogP contribution in [0.15, 0.2) is 42.5 Å². The van der Waals surface area contributed by atoms with Gasteiger partial charge in [-0.05, 0) is 65.9 Å². The molecule has 5 heteroatoms. The second kappa shape index (κ2) is 6.95. The van der Waals surface area contributed by atoms with E-state index in [0.717, 1.165) is 9.26 Å². The molecule has 0 saturated heterocycles. The summed E-state index contributed by atoms with van der Waals surface area (Å²) in [7, 11) is 0. The standard InChI is InChI=1S/C15H13ClINO2/c1-2-20-14-7-6-10(16)8-13(14)15(19)18-12-5-3-4-11(17)9-12/h3-9H,2H2,1H3,(H,18,19). The number of nitrogens with one attached hydrogen (secondary N) is 1. The van der Waals surface area contributed by atoms with Crippen LogP contribution in [0.1, 0.15) is 17.3 Å². The van der Waals surface area contributed by atoms with Gasteiger partial charge in [-0.15, -0.1) is 0 Å². The molecule has 20 heavy (non-hydrogen) atoms. The van der Waals surface area contributed by atoms with Crippen LogP contribution in [-0.4, -0.2) is 12.5 Å². The van der Waals surface area contributed by atoms with Crippen LogP contribution >= 0.6 is 34.2 Å². The monoisotopic (exact) mass is 401 g/mol. The first kappa shape index (κ1) is 15.1. The van der Waals surface area contributed by atoms with Crippen LogP contribution < -0.4 is 10.1 Å². The Morgan fingerprint density at radius 3 is 2.80 bits per heavy atom. The number of carbonyl (C=O) groups is 1. The highest BCUT2D eigenvalue weighted by Gasteiger charge is 2.13. The quantitative estimate of drug-likeness (QED) is 0.761. The molecule has 2 aromatic carbocycles. The van der Waals surface area contributed by atoms with E-state index in [-0.39, 0.29) is 5.91 Å². The number of rotatable bonds is 4. The van der Waals surface area contributed by atoms with E-state index in [1.165, 1.54) is 0 Å². The van der Waals surface area contributed by atoms with E-state index in [1.807, 2.05) is 31.2 Å². The Balaban J connectivity index is 2.26. The number of anilines is 1. The Hall–Kier alpha value is -1.27. The highest BCUT2D eigenvalue weighted by Crippen LogP contribution is 2.24. The van der Waals surface area contributed by atoms with Crippen molar-refractivity contribution in [2.45, 2.75) is 6.92 Å². The Labute approximate surface area is 136 Å². The third-order valence-electron chi connectivity index (χ3n) is 2.57. The summed E-state index contributed by atoms with van der Waals surface area (Å²) in [6, 6.07) is 12.6. The zero-order valence-electron chi connectivity index (χ0n) is 10.8. The van der Waals surface area contributed by atoms with E-state index in [1.54, 1.807) is 18.2 Å². The van der Waals surface area contributed by atoms with Gasteiger partial charge in [0.05, 0.1) is 12.2 Å². The van der Waals surface area contributed by atoms with Gasteiger partial charge >= 0.3 is 0 Å². The molecule has 2 rings (SSSR count). The fourth-order valence-corrected chi connectivity index (χ4v) is 2.44. The molecule has 3 nitrogen and oxygen atoms in total. The van der Waals surface area contributed by atoms with Gasteiger partial charge in [-0.1, -0.05) is 17.7 Å². The number of carbonyl (C=O) groups excluding carboxylic acids is 1. The second-order valence-electron chi connectivity index (χ2n) is 4.04. The maximum absolute atomic E-state index is 12.3. The van der Waals surface area contributed by atoms with Crippen molar-refractivity contribution in [1.82, 2.24) is 0 Å². The van der Waals surface area contributed by atoms with Crippen molar-refractivity contribution in [2.75, 3.05) is 11.9 Å². The van der Waals surface area contributed by atoms with Gasteiger partial charge in [0.1, 0.15) is 5.75 Å². The Bertz CT molecular complexity index is 631. The number of halogens is 2. The first-order valence-corrected chi connectivity index (χ1v) is 7.55. The Morgan fingerprint density at radius 2 is 2.10 bits per heavy atom. The van der Waals surface area contributed by atoms with Crippen molar-refractivity contribution < 1.29 is 9.53 Å². The van der Waals surface area contributed by atoms with Crippen LogP contribution in [0.25, 0.3) is 0 Å². The lowest BCUT2D eigenvalue weighted by Crippen LogP contribution is -2.13. The second-order valence-corrected chi connectivity index (χ2v) is 5.72. The van der Waals surface area contributed by atoms with E-state index >= 15 is 0 Å². The van der Waals surface area contributed by atoms with Crippen LogP contribution in [0.5, 0.6) is 5.75 Å². The minimum Gasteiger partial charge on any atom is -0.493 e. The van der Waals surface area contributed by atoms with Crippen molar-refractivity contribution in [3.05, 3.63) is 56.6 Å². The molecule has 0 unspecified atom stereocenters.